The van der Waals surface area contributed by atoms with Crippen LogP contribution in [0.4, 0.5) is 0 Å². The van der Waals surface area contributed by atoms with Gasteiger partial charge < -0.3 is 9.84 Å². The third kappa shape index (κ3) is 2.54. The topological polar surface area (TPSA) is 100 Å². The van der Waals surface area contributed by atoms with Crippen LogP contribution >= 0.6 is 0 Å². The van der Waals surface area contributed by atoms with Gasteiger partial charge in [-0.15, -0.1) is 0 Å². The first-order chi connectivity index (χ1) is 7.56. The van der Waals surface area contributed by atoms with Crippen LogP contribution < -0.4 is 4.74 Å². The van der Waals surface area contributed by atoms with Crippen molar-refractivity contribution in [2.45, 2.75) is 12.8 Å². The minimum absolute atomic E-state index is 0.0102. The lowest BCUT2D eigenvalue weighted by Crippen LogP contribution is -2.14. The molecule has 1 aromatic rings. The van der Waals surface area contributed by atoms with Crippen molar-refractivity contribution < 1.29 is 19.4 Å². The molecule has 0 amide bonds. The van der Waals surface area contributed by atoms with Gasteiger partial charge >= 0.3 is 11.9 Å². The number of nitrogens with zero attached hydrogens (tertiary/aromatic N) is 2. The van der Waals surface area contributed by atoms with Gasteiger partial charge in [0.2, 0.25) is 0 Å². The third-order valence-corrected chi connectivity index (χ3v) is 1.70. The number of carboxylic acids is 1. The van der Waals surface area contributed by atoms with E-state index in [2.05, 4.69) is 4.98 Å². The molecule has 0 radical (unpaired) electrons. The fraction of sp³-hybridized carbons (Fsp3) is 0.200. The van der Waals surface area contributed by atoms with Crippen molar-refractivity contribution in [3.05, 3.63) is 24.0 Å². The van der Waals surface area contributed by atoms with Crippen LogP contribution in [-0.4, -0.2) is 22.0 Å². The molecule has 1 N–H and O–H groups in total. The lowest BCUT2D eigenvalue weighted by Gasteiger charge is -2.08. The smallest absolute Gasteiger partial charge is 0.327 e. The van der Waals surface area contributed by atoms with Gasteiger partial charge in [-0.25, -0.2) is 0 Å². The molecule has 0 saturated heterocycles. The fourth-order valence-corrected chi connectivity index (χ4v) is 1.09. The maximum absolute atomic E-state index is 10.8. The van der Waals surface area contributed by atoms with Gasteiger partial charge in [0.25, 0.3) is 0 Å². The molecule has 0 spiro atoms. The van der Waals surface area contributed by atoms with Gasteiger partial charge in [0, 0.05) is 13.1 Å². The number of aromatic nitrogens is 1. The summed E-state index contributed by atoms with van der Waals surface area (Å²) >= 11 is 0. The summed E-state index contributed by atoms with van der Waals surface area (Å²) in [5.41, 5.74) is -0.0762. The molecule has 0 bridgehead atoms. The Balaban J connectivity index is 3.17. The van der Waals surface area contributed by atoms with Gasteiger partial charge in [0.05, 0.1) is 6.07 Å². The molecule has 0 fully saturated rings. The molecular weight excluding hydrogens is 212 g/mol. The van der Waals surface area contributed by atoms with Crippen molar-refractivity contribution >= 4 is 11.9 Å². The highest BCUT2D eigenvalue weighted by Gasteiger charge is 2.25. The van der Waals surface area contributed by atoms with E-state index in [0.717, 1.165) is 0 Å². The SMILES string of the molecule is CC(=O)Oc1cccnc1C(C#N)C(=O)O. The molecule has 16 heavy (non-hydrogen) atoms. The fourth-order valence-electron chi connectivity index (χ4n) is 1.09. The predicted molar refractivity (Wildman–Crippen MR) is 51.5 cm³/mol. The van der Waals surface area contributed by atoms with E-state index in [1.165, 1.54) is 25.3 Å². The molecular formula is C10H8N2O4. The van der Waals surface area contributed by atoms with E-state index >= 15 is 0 Å². The van der Waals surface area contributed by atoms with Crippen molar-refractivity contribution in [2.75, 3.05) is 0 Å². The Morgan fingerprint density at radius 3 is 2.81 bits per heavy atom. The largest absolute Gasteiger partial charge is 0.480 e. The predicted octanol–water partition coefficient (Wildman–Crippen LogP) is 0.699. The Labute approximate surface area is 91.1 Å². The number of esters is 1. The molecule has 6 heteroatoms. The number of carbonyl (C=O) groups is 2. The summed E-state index contributed by atoms with van der Waals surface area (Å²) in [5, 5.41) is 17.5. The number of pyridine rings is 1. The van der Waals surface area contributed by atoms with Gasteiger partial charge in [0.1, 0.15) is 5.69 Å². The summed E-state index contributed by atoms with van der Waals surface area (Å²) in [6, 6.07) is 4.45. The molecule has 1 heterocycles. The second-order valence-electron chi connectivity index (χ2n) is 2.88. The molecule has 1 atom stereocenters. The molecule has 0 aromatic carbocycles. The number of carbonyl (C=O) groups excluding carboxylic acids is 1. The molecule has 1 unspecified atom stereocenters. The highest BCUT2D eigenvalue weighted by molar-refractivity contribution is 5.80. The zero-order chi connectivity index (χ0) is 12.1. The Bertz CT molecular complexity index is 464. The van der Waals surface area contributed by atoms with Gasteiger partial charge in [-0.2, -0.15) is 5.26 Å². The first kappa shape index (κ1) is 11.7. The van der Waals surface area contributed by atoms with Crippen LogP contribution in [0.5, 0.6) is 5.75 Å². The summed E-state index contributed by atoms with van der Waals surface area (Å²) in [7, 11) is 0. The van der Waals surface area contributed by atoms with Gasteiger partial charge in [-0.05, 0) is 12.1 Å². The summed E-state index contributed by atoms with van der Waals surface area (Å²) in [5.74, 6) is -3.40. The number of ether oxygens (including phenoxy) is 1. The van der Waals surface area contributed by atoms with Crippen LogP contribution in [0.1, 0.15) is 18.5 Å². The molecule has 82 valence electrons. The van der Waals surface area contributed by atoms with Gasteiger partial charge in [0.15, 0.2) is 11.7 Å². The zero-order valence-corrected chi connectivity index (χ0v) is 8.38. The highest BCUT2D eigenvalue weighted by Crippen LogP contribution is 2.24. The van der Waals surface area contributed by atoms with Gasteiger partial charge in [-0.3, -0.25) is 14.6 Å². The van der Waals surface area contributed by atoms with Gasteiger partial charge in [-0.1, -0.05) is 0 Å². The quantitative estimate of drug-likeness (QED) is 0.752. The van der Waals surface area contributed by atoms with Crippen LogP contribution in [0.25, 0.3) is 0 Å². The van der Waals surface area contributed by atoms with Crippen molar-refractivity contribution in [2.24, 2.45) is 0 Å². The summed E-state index contributed by atoms with van der Waals surface area (Å²) in [4.78, 5) is 25.3. The van der Waals surface area contributed by atoms with Crippen molar-refractivity contribution in [3.8, 4) is 11.8 Å². The van der Waals surface area contributed by atoms with Crippen molar-refractivity contribution in [1.82, 2.24) is 4.98 Å². The average molecular weight is 220 g/mol. The molecule has 0 aliphatic carbocycles. The number of hydrogen-bond acceptors (Lipinski definition) is 5. The first-order valence-electron chi connectivity index (χ1n) is 4.32. The second-order valence-corrected chi connectivity index (χ2v) is 2.88. The van der Waals surface area contributed by atoms with E-state index in [9.17, 15) is 9.59 Å². The molecule has 0 saturated carbocycles. The van der Waals surface area contributed by atoms with Crippen LogP contribution in [0, 0.1) is 11.3 Å². The summed E-state index contributed by atoms with van der Waals surface area (Å²) in [6.07, 6.45) is 1.33. The Morgan fingerprint density at radius 1 is 1.62 bits per heavy atom. The molecule has 6 nitrogen and oxygen atoms in total. The second kappa shape index (κ2) is 4.89. The van der Waals surface area contributed by atoms with E-state index in [1.807, 2.05) is 0 Å². The first-order valence-corrected chi connectivity index (χ1v) is 4.32. The maximum Gasteiger partial charge on any atom is 0.327 e. The Kier molecular flexibility index (Phi) is 3.56. The number of nitriles is 1. The number of hydrogen-bond donors (Lipinski definition) is 1. The van der Waals surface area contributed by atoms with Crippen LogP contribution in [-0.2, 0) is 9.59 Å². The van der Waals surface area contributed by atoms with Crippen LogP contribution in [0.3, 0.4) is 0 Å². The number of aliphatic carboxylic acids is 1. The van der Waals surface area contributed by atoms with E-state index in [-0.39, 0.29) is 11.4 Å². The summed E-state index contributed by atoms with van der Waals surface area (Å²) in [6.45, 7) is 1.18. The van der Waals surface area contributed by atoms with E-state index in [0.29, 0.717) is 0 Å². The van der Waals surface area contributed by atoms with Crippen LogP contribution in [0.2, 0.25) is 0 Å². The Hall–Kier alpha value is -2.42. The van der Waals surface area contributed by atoms with E-state index < -0.39 is 17.9 Å². The maximum atomic E-state index is 10.8. The lowest BCUT2D eigenvalue weighted by atomic mass is 10.1. The molecule has 1 aromatic heterocycles. The minimum Gasteiger partial charge on any atom is -0.480 e. The molecule has 0 aliphatic rings. The van der Waals surface area contributed by atoms with E-state index in [4.69, 9.17) is 15.1 Å². The monoisotopic (exact) mass is 220 g/mol. The third-order valence-electron chi connectivity index (χ3n) is 1.70. The lowest BCUT2D eigenvalue weighted by molar-refractivity contribution is -0.138. The number of rotatable bonds is 3. The average Bonchev–Trinajstić information content (AvgIpc) is 2.20. The standard InChI is InChI=1S/C10H8N2O4/c1-6(13)16-8-3-2-4-12-9(8)7(5-11)10(14)15/h2-4,7H,1H3,(H,14,15). The number of carboxylic acid groups (broad SMARTS) is 1. The normalized spacial score (nSPS) is 11.2. The van der Waals surface area contributed by atoms with Crippen molar-refractivity contribution in [1.29, 1.82) is 5.26 Å². The zero-order valence-electron chi connectivity index (χ0n) is 8.38. The summed E-state index contributed by atoms with van der Waals surface area (Å²) < 4.78 is 4.76. The van der Waals surface area contributed by atoms with Crippen molar-refractivity contribution in [3.63, 3.8) is 0 Å². The highest BCUT2D eigenvalue weighted by atomic mass is 16.5. The van der Waals surface area contributed by atoms with Crippen LogP contribution in [0.15, 0.2) is 18.3 Å². The van der Waals surface area contributed by atoms with E-state index in [1.54, 1.807) is 6.07 Å². The minimum atomic E-state index is -1.45. The molecule has 0 aliphatic heterocycles. The Morgan fingerprint density at radius 2 is 2.31 bits per heavy atom. The molecule has 1 rings (SSSR count).